The molecule has 1 saturated carbocycles. The van der Waals surface area contributed by atoms with E-state index < -0.39 is 0 Å². The molecule has 3 N–H and O–H groups in total. The lowest BCUT2D eigenvalue weighted by atomic mass is 9.73. The van der Waals surface area contributed by atoms with Crippen molar-refractivity contribution in [3.8, 4) is 0 Å². The smallest absolute Gasteiger partial charge is 0.222 e. The molecule has 2 aromatic rings. The van der Waals surface area contributed by atoms with E-state index in [1.54, 1.807) is 0 Å². The molecule has 1 fully saturated rings. The molecule has 3 rings (SSSR count). The van der Waals surface area contributed by atoms with Crippen LogP contribution in [0, 0.1) is 5.41 Å². The van der Waals surface area contributed by atoms with Crippen molar-refractivity contribution < 1.29 is 0 Å². The van der Waals surface area contributed by atoms with Gasteiger partial charge in [-0.3, -0.25) is 0 Å². The SMILES string of the molecule is CC1(C)CCCCC1Nc1nc(N)nc2ccccc12. The van der Waals surface area contributed by atoms with Crippen LogP contribution in [-0.2, 0) is 0 Å². The first-order chi connectivity index (χ1) is 9.56. The van der Waals surface area contributed by atoms with Gasteiger partial charge in [-0.2, -0.15) is 4.98 Å². The monoisotopic (exact) mass is 270 g/mol. The van der Waals surface area contributed by atoms with Crippen LogP contribution in [0.4, 0.5) is 11.8 Å². The van der Waals surface area contributed by atoms with Crippen LogP contribution in [0.2, 0.25) is 0 Å². The van der Waals surface area contributed by atoms with Crippen LogP contribution in [0.1, 0.15) is 39.5 Å². The van der Waals surface area contributed by atoms with Crippen molar-refractivity contribution in [1.29, 1.82) is 0 Å². The standard InChI is InChI=1S/C16H22N4/c1-16(2)10-6-5-9-13(16)19-14-11-7-3-4-8-12(11)18-15(17)20-14/h3-4,7-8,13H,5-6,9-10H2,1-2H3,(H3,17,18,19,20). The average molecular weight is 270 g/mol. The van der Waals surface area contributed by atoms with Gasteiger partial charge < -0.3 is 11.1 Å². The van der Waals surface area contributed by atoms with Gasteiger partial charge in [-0.15, -0.1) is 0 Å². The van der Waals surface area contributed by atoms with Gasteiger partial charge in [0.05, 0.1) is 5.52 Å². The number of anilines is 2. The van der Waals surface area contributed by atoms with Crippen LogP contribution >= 0.6 is 0 Å². The molecule has 1 aliphatic rings. The Morgan fingerprint density at radius 1 is 1.20 bits per heavy atom. The third-order valence-electron chi connectivity index (χ3n) is 4.44. The summed E-state index contributed by atoms with van der Waals surface area (Å²) in [6.45, 7) is 4.66. The van der Waals surface area contributed by atoms with Crippen LogP contribution < -0.4 is 11.1 Å². The van der Waals surface area contributed by atoms with Gasteiger partial charge in [0.25, 0.3) is 0 Å². The molecular weight excluding hydrogens is 248 g/mol. The molecule has 4 nitrogen and oxygen atoms in total. The van der Waals surface area contributed by atoms with Gasteiger partial charge in [-0.05, 0) is 30.4 Å². The van der Waals surface area contributed by atoms with Crippen LogP contribution in [-0.4, -0.2) is 16.0 Å². The fourth-order valence-corrected chi connectivity index (χ4v) is 3.13. The number of nitrogen functional groups attached to an aromatic ring is 1. The van der Waals surface area contributed by atoms with Crippen LogP contribution in [0.3, 0.4) is 0 Å². The number of nitrogens with zero attached hydrogens (tertiary/aromatic N) is 2. The average Bonchev–Trinajstić information content (AvgIpc) is 2.41. The molecule has 0 bridgehead atoms. The molecule has 1 heterocycles. The normalized spacial score (nSPS) is 21.8. The minimum absolute atomic E-state index is 0.291. The Kier molecular flexibility index (Phi) is 3.24. The number of para-hydroxylation sites is 1. The lowest BCUT2D eigenvalue weighted by Gasteiger charge is -2.39. The van der Waals surface area contributed by atoms with E-state index in [0.29, 0.717) is 17.4 Å². The molecule has 1 aliphatic carbocycles. The number of rotatable bonds is 2. The molecule has 0 saturated heterocycles. The van der Waals surface area contributed by atoms with E-state index >= 15 is 0 Å². The summed E-state index contributed by atoms with van der Waals surface area (Å²) in [5, 5.41) is 4.67. The van der Waals surface area contributed by atoms with Crippen molar-refractivity contribution in [2.45, 2.75) is 45.6 Å². The lowest BCUT2D eigenvalue weighted by molar-refractivity contribution is 0.217. The van der Waals surface area contributed by atoms with Gasteiger partial charge in [0.1, 0.15) is 5.82 Å². The first-order valence-corrected chi connectivity index (χ1v) is 7.35. The van der Waals surface area contributed by atoms with Gasteiger partial charge in [-0.1, -0.05) is 38.8 Å². The Morgan fingerprint density at radius 2 is 2.00 bits per heavy atom. The molecule has 0 aliphatic heterocycles. The molecule has 1 unspecified atom stereocenters. The highest BCUT2D eigenvalue weighted by Crippen LogP contribution is 2.37. The number of fused-ring (bicyclic) bond motifs is 1. The van der Waals surface area contributed by atoms with Crippen LogP contribution in [0.15, 0.2) is 24.3 Å². The molecule has 1 atom stereocenters. The summed E-state index contributed by atoms with van der Waals surface area (Å²) in [6.07, 6.45) is 5.03. The minimum atomic E-state index is 0.291. The highest BCUT2D eigenvalue weighted by molar-refractivity contribution is 5.89. The summed E-state index contributed by atoms with van der Waals surface area (Å²) >= 11 is 0. The van der Waals surface area contributed by atoms with Gasteiger partial charge >= 0.3 is 0 Å². The van der Waals surface area contributed by atoms with Crippen molar-refractivity contribution in [2.75, 3.05) is 11.1 Å². The maximum Gasteiger partial charge on any atom is 0.222 e. The number of nitrogens with one attached hydrogen (secondary N) is 1. The second kappa shape index (κ2) is 4.93. The predicted molar refractivity (Wildman–Crippen MR) is 83.6 cm³/mol. The summed E-state index contributed by atoms with van der Waals surface area (Å²) in [5.41, 5.74) is 7.03. The van der Waals surface area contributed by atoms with E-state index in [1.807, 2.05) is 24.3 Å². The molecule has 20 heavy (non-hydrogen) atoms. The topological polar surface area (TPSA) is 63.8 Å². The van der Waals surface area contributed by atoms with Crippen LogP contribution in [0.25, 0.3) is 10.9 Å². The van der Waals surface area contributed by atoms with E-state index in [2.05, 4.69) is 29.1 Å². The van der Waals surface area contributed by atoms with Gasteiger partial charge in [-0.25, -0.2) is 4.98 Å². The second-order valence-corrected chi connectivity index (χ2v) is 6.38. The quantitative estimate of drug-likeness (QED) is 0.875. The molecule has 4 heteroatoms. The first-order valence-electron chi connectivity index (χ1n) is 7.35. The van der Waals surface area contributed by atoms with E-state index in [4.69, 9.17) is 5.73 Å². The van der Waals surface area contributed by atoms with E-state index in [-0.39, 0.29) is 0 Å². The Balaban J connectivity index is 1.98. The zero-order valence-electron chi connectivity index (χ0n) is 12.2. The summed E-state index contributed by atoms with van der Waals surface area (Å²) in [6, 6.07) is 8.45. The summed E-state index contributed by atoms with van der Waals surface area (Å²) < 4.78 is 0. The first kappa shape index (κ1) is 13.2. The number of hydrogen-bond donors (Lipinski definition) is 2. The maximum absolute atomic E-state index is 5.84. The number of hydrogen-bond acceptors (Lipinski definition) is 4. The summed E-state index contributed by atoms with van der Waals surface area (Å²) in [4.78, 5) is 8.71. The number of benzene rings is 1. The molecule has 0 radical (unpaired) electrons. The molecule has 0 amide bonds. The Hall–Kier alpha value is -1.84. The zero-order chi connectivity index (χ0) is 14.2. The van der Waals surface area contributed by atoms with Crippen molar-refractivity contribution in [1.82, 2.24) is 9.97 Å². The van der Waals surface area contributed by atoms with Crippen molar-refractivity contribution in [3.63, 3.8) is 0 Å². The third-order valence-corrected chi connectivity index (χ3v) is 4.44. The van der Waals surface area contributed by atoms with E-state index in [9.17, 15) is 0 Å². The fourth-order valence-electron chi connectivity index (χ4n) is 3.13. The molecule has 0 spiro atoms. The Labute approximate surface area is 119 Å². The molecular formula is C16H22N4. The Bertz CT molecular complexity index is 621. The predicted octanol–water partition coefficient (Wildman–Crippen LogP) is 3.59. The van der Waals surface area contributed by atoms with Crippen molar-refractivity contribution in [3.05, 3.63) is 24.3 Å². The third kappa shape index (κ3) is 2.42. The largest absolute Gasteiger partial charge is 0.368 e. The fraction of sp³-hybridized carbons (Fsp3) is 0.500. The Morgan fingerprint density at radius 3 is 2.80 bits per heavy atom. The van der Waals surface area contributed by atoms with Gasteiger partial charge in [0.15, 0.2) is 0 Å². The maximum atomic E-state index is 5.84. The number of nitrogens with two attached hydrogens (primary N) is 1. The highest BCUT2D eigenvalue weighted by atomic mass is 15.1. The summed E-state index contributed by atoms with van der Waals surface area (Å²) in [7, 11) is 0. The second-order valence-electron chi connectivity index (χ2n) is 6.38. The van der Waals surface area contributed by atoms with Crippen molar-refractivity contribution in [2.24, 2.45) is 5.41 Å². The summed E-state index contributed by atoms with van der Waals surface area (Å²) in [5.74, 6) is 1.20. The van der Waals surface area contributed by atoms with Crippen LogP contribution in [0.5, 0.6) is 0 Å². The van der Waals surface area contributed by atoms with Gasteiger partial charge in [0.2, 0.25) is 5.95 Å². The lowest BCUT2D eigenvalue weighted by Crippen LogP contribution is -2.39. The van der Waals surface area contributed by atoms with E-state index in [0.717, 1.165) is 16.7 Å². The van der Waals surface area contributed by atoms with Crippen molar-refractivity contribution >= 4 is 22.7 Å². The zero-order valence-corrected chi connectivity index (χ0v) is 12.2. The number of aromatic nitrogens is 2. The molecule has 1 aromatic carbocycles. The highest BCUT2D eigenvalue weighted by Gasteiger charge is 2.32. The van der Waals surface area contributed by atoms with E-state index in [1.165, 1.54) is 25.7 Å². The molecule has 1 aromatic heterocycles. The van der Waals surface area contributed by atoms with Gasteiger partial charge in [0, 0.05) is 11.4 Å². The molecule has 106 valence electrons. The minimum Gasteiger partial charge on any atom is -0.368 e.